The Labute approximate surface area is 182 Å². The second kappa shape index (κ2) is 10.8. The fourth-order valence-corrected chi connectivity index (χ4v) is 3.86. The van der Waals surface area contributed by atoms with Crippen molar-refractivity contribution in [2.24, 2.45) is 0 Å². The van der Waals surface area contributed by atoms with E-state index in [2.05, 4.69) is 5.32 Å². The molecule has 1 amide bonds. The lowest BCUT2D eigenvalue weighted by molar-refractivity contribution is -0.119. The maximum absolute atomic E-state index is 12.6. The molecule has 2 aromatic rings. The molecular weight excluding hydrogens is 424 g/mol. The van der Waals surface area contributed by atoms with Gasteiger partial charge in [0.2, 0.25) is 21.7 Å². The van der Waals surface area contributed by atoms with Crippen molar-refractivity contribution in [2.75, 3.05) is 45.0 Å². The van der Waals surface area contributed by atoms with Gasteiger partial charge in [0.15, 0.2) is 11.5 Å². The van der Waals surface area contributed by atoms with E-state index in [4.69, 9.17) is 18.9 Å². The maximum Gasteiger partial charge on any atom is 0.241 e. The number of para-hydroxylation sites is 2. The normalized spacial score (nSPS) is 10.9. The van der Waals surface area contributed by atoms with Gasteiger partial charge in [-0.25, -0.2) is 8.42 Å². The minimum atomic E-state index is -3.74. The fourth-order valence-electron chi connectivity index (χ4n) is 3.00. The van der Waals surface area contributed by atoms with Crippen LogP contribution in [0.4, 0.5) is 5.69 Å². The molecule has 0 spiro atoms. The second-order valence-electron chi connectivity index (χ2n) is 6.44. The maximum atomic E-state index is 12.6. The van der Waals surface area contributed by atoms with E-state index in [1.54, 1.807) is 43.3 Å². The molecule has 0 unspecified atom stereocenters. The number of amides is 1. The minimum Gasteiger partial charge on any atom is -0.493 e. The number of nitrogens with one attached hydrogen (secondary N) is 1. The van der Waals surface area contributed by atoms with E-state index in [9.17, 15) is 13.2 Å². The zero-order valence-corrected chi connectivity index (χ0v) is 19.1. The van der Waals surface area contributed by atoms with E-state index >= 15 is 0 Å². The average Bonchev–Trinajstić information content (AvgIpc) is 2.75. The topological polar surface area (TPSA) is 103 Å². The smallest absolute Gasteiger partial charge is 0.241 e. The van der Waals surface area contributed by atoms with Gasteiger partial charge >= 0.3 is 0 Å². The number of hydrogen-bond donors (Lipinski definition) is 1. The lowest BCUT2D eigenvalue weighted by Crippen LogP contribution is -2.40. The number of ether oxygens (including phenoxy) is 4. The van der Waals surface area contributed by atoms with Gasteiger partial charge < -0.3 is 24.3 Å². The third kappa shape index (κ3) is 5.94. The number of methoxy groups -OCH3 is 3. The summed E-state index contributed by atoms with van der Waals surface area (Å²) >= 11 is 0. The van der Waals surface area contributed by atoms with E-state index < -0.39 is 22.5 Å². The summed E-state index contributed by atoms with van der Waals surface area (Å²) in [5.74, 6) is 1.20. The highest BCUT2D eigenvalue weighted by Crippen LogP contribution is 2.39. The molecule has 2 aromatic carbocycles. The van der Waals surface area contributed by atoms with Crippen molar-refractivity contribution in [3.8, 4) is 23.0 Å². The van der Waals surface area contributed by atoms with Crippen LogP contribution in [-0.4, -0.2) is 55.1 Å². The zero-order chi connectivity index (χ0) is 23.0. The Kier molecular flexibility index (Phi) is 8.38. The molecule has 170 valence electrons. The Morgan fingerprint density at radius 2 is 1.65 bits per heavy atom. The SMILES string of the molecule is CCOc1ccccc1N(CC(=O)NCc1ccc(OC)c(OC)c1OC)S(C)(=O)=O. The van der Waals surface area contributed by atoms with E-state index in [1.165, 1.54) is 21.3 Å². The second-order valence-corrected chi connectivity index (χ2v) is 8.35. The summed E-state index contributed by atoms with van der Waals surface area (Å²) in [6.07, 6.45) is 1.04. The van der Waals surface area contributed by atoms with Gasteiger partial charge in [-0.05, 0) is 31.2 Å². The van der Waals surface area contributed by atoms with Crippen molar-refractivity contribution in [2.45, 2.75) is 13.5 Å². The van der Waals surface area contributed by atoms with E-state index in [0.717, 1.165) is 10.6 Å². The molecule has 0 heterocycles. The van der Waals surface area contributed by atoms with Crippen LogP contribution in [0.2, 0.25) is 0 Å². The predicted octanol–water partition coefficient (Wildman–Crippen LogP) is 2.19. The minimum absolute atomic E-state index is 0.104. The Hall–Kier alpha value is -3.14. The summed E-state index contributed by atoms with van der Waals surface area (Å²) < 4.78 is 47.3. The molecule has 10 heteroatoms. The standard InChI is InChI=1S/C21H28N2O7S/c1-6-30-17-10-8-7-9-16(17)23(31(5,25)26)14-19(24)22-13-15-11-12-18(27-2)21(29-4)20(15)28-3/h7-12H,6,13-14H2,1-5H3,(H,22,24). The Balaban J connectivity index is 2.22. The highest BCUT2D eigenvalue weighted by molar-refractivity contribution is 7.92. The first-order chi connectivity index (χ1) is 14.8. The summed E-state index contributed by atoms with van der Waals surface area (Å²) in [5, 5.41) is 2.72. The molecule has 0 atom stereocenters. The summed E-state index contributed by atoms with van der Waals surface area (Å²) in [6.45, 7) is 1.86. The van der Waals surface area contributed by atoms with Crippen molar-refractivity contribution in [1.29, 1.82) is 0 Å². The first-order valence-electron chi connectivity index (χ1n) is 9.50. The predicted molar refractivity (Wildman–Crippen MR) is 118 cm³/mol. The number of nitrogens with zero attached hydrogens (tertiary/aromatic N) is 1. The summed E-state index contributed by atoms with van der Waals surface area (Å²) in [7, 11) is 0.748. The van der Waals surface area contributed by atoms with Gasteiger partial charge in [0, 0.05) is 12.1 Å². The van der Waals surface area contributed by atoms with Crippen LogP contribution in [0.5, 0.6) is 23.0 Å². The number of carbonyl (C=O) groups excluding carboxylic acids is 1. The molecule has 0 saturated carbocycles. The van der Waals surface area contributed by atoms with Crippen molar-refractivity contribution in [3.05, 3.63) is 42.0 Å². The first kappa shape index (κ1) is 24.1. The monoisotopic (exact) mass is 452 g/mol. The van der Waals surface area contributed by atoms with E-state index in [-0.39, 0.29) is 6.54 Å². The van der Waals surface area contributed by atoms with Crippen LogP contribution in [0, 0.1) is 0 Å². The lowest BCUT2D eigenvalue weighted by Gasteiger charge is -2.24. The summed E-state index contributed by atoms with van der Waals surface area (Å²) in [5.41, 5.74) is 0.944. The first-order valence-corrected chi connectivity index (χ1v) is 11.4. The number of anilines is 1. The molecule has 0 aromatic heterocycles. The molecule has 2 rings (SSSR count). The van der Waals surface area contributed by atoms with Crippen LogP contribution < -0.4 is 28.6 Å². The molecule has 0 aliphatic heterocycles. The molecule has 9 nitrogen and oxygen atoms in total. The largest absolute Gasteiger partial charge is 0.493 e. The molecule has 0 aliphatic carbocycles. The average molecular weight is 453 g/mol. The quantitative estimate of drug-likeness (QED) is 0.557. The van der Waals surface area contributed by atoms with Crippen LogP contribution in [0.1, 0.15) is 12.5 Å². The summed E-state index contributed by atoms with van der Waals surface area (Å²) in [4.78, 5) is 12.6. The van der Waals surface area contributed by atoms with Crippen molar-refractivity contribution < 1.29 is 32.2 Å². The Morgan fingerprint density at radius 3 is 2.23 bits per heavy atom. The van der Waals surface area contributed by atoms with Gasteiger partial charge in [-0.3, -0.25) is 9.10 Å². The Bertz CT molecular complexity index is 1010. The lowest BCUT2D eigenvalue weighted by atomic mass is 10.1. The number of carbonyl (C=O) groups is 1. The van der Waals surface area contributed by atoms with Crippen LogP contribution in [0.3, 0.4) is 0 Å². The van der Waals surface area contributed by atoms with Gasteiger partial charge in [-0.1, -0.05) is 12.1 Å². The zero-order valence-electron chi connectivity index (χ0n) is 18.3. The third-order valence-corrected chi connectivity index (χ3v) is 5.51. The third-order valence-electron chi connectivity index (χ3n) is 4.38. The van der Waals surface area contributed by atoms with Gasteiger partial charge in [-0.15, -0.1) is 0 Å². The molecule has 0 saturated heterocycles. The van der Waals surface area contributed by atoms with Crippen LogP contribution in [0.25, 0.3) is 0 Å². The van der Waals surface area contributed by atoms with Gasteiger partial charge in [0.05, 0.1) is 39.9 Å². The van der Waals surface area contributed by atoms with Crippen LogP contribution in [-0.2, 0) is 21.4 Å². The molecule has 1 N–H and O–H groups in total. The number of sulfonamides is 1. The number of hydrogen-bond acceptors (Lipinski definition) is 7. The van der Waals surface area contributed by atoms with E-state index in [0.29, 0.717) is 40.9 Å². The number of benzene rings is 2. The molecule has 0 fully saturated rings. The van der Waals surface area contributed by atoms with Gasteiger partial charge in [-0.2, -0.15) is 0 Å². The molecule has 31 heavy (non-hydrogen) atoms. The highest BCUT2D eigenvalue weighted by atomic mass is 32.2. The summed E-state index contributed by atoms with van der Waals surface area (Å²) in [6, 6.07) is 10.1. The van der Waals surface area contributed by atoms with Gasteiger partial charge in [0.1, 0.15) is 12.3 Å². The van der Waals surface area contributed by atoms with Gasteiger partial charge in [0.25, 0.3) is 0 Å². The van der Waals surface area contributed by atoms with E-state index in [1.807, 2.05) is 0 Å². The molecule has 0 radical (unpaired) electrons. The number of rotatable bonds is 11. The highest BCUT2D eigenvalue weighted by Gasteiger charge is 2.24. The van der Waals surface area contributed by atoms with Crippen molar-refractivity contribution in [1.82, 2.24) is 5.32 Å². The molecular formula is C21H28N2O7S. The van der Waals surface area contributed by atoms with Crippen LogP contribution >= 0.6 is 0 Å². The van der Waals surface area contributed by atoms with Crippen molar-refractivity contribution in [3.63, 3.8) is 0 Å². The molecule has 0 bridgehead atoms. The Morgan fingerprint density at radius 1 is 0.968 bits per heavy atom. The fraction of sp³-hybridized carbons (Fsp3) is 0.381. The van der Waals surface area contributed by atoms with Crippen LogP contribution in [0.15, 0.2) is 36.4 Å². The van der Waals surface area contributed by atoms with Crippen molar-refractivity contribution >= 4 is 21.6 Å². The molecule has 0 aliphatic rings.